The van der Waals surface area contributed by atoms with E-state index in [0.29, 0.717) is 6.04 Å². The third-order valence-corrected chi connectivity index (χ3v) is 4.71. The Balaban J connectivity index is 2.31. The Morgan fingerprint density at radius 3 is 2.48 bits per heavy atom. The van der Waals surface area contributed by atoms with Gasteiger partial charge in [-0.05, 0) is 55.7 Å². The SMILES string of the molecule is C=C(/C=C(/NC1CC=C(C)CC1)c1ccccc1C)C(C)(C)C. The molecule has 0 radical (unpaired) electrons. The van der Waals surface area contributed by atoms with Crippen LogP contribution in [0, 0.1) is 12.3 Å². The highest BCUT2D eigenvalue weighted by atomic mass is 14.9. The van der Waals surface area contributed by atoms with E-state index < -0.39 is 0 Å². The largest absolute Gasteiger partial charge is 0.381 e. The summed E-state index contributed by atoms with van der Waals surface area (Å²) in [6.07, 6.45) is 8.12. The van der Waals surface area contributed by atoms with E-state index in [2.05, 4.69) is 82.9 Å². The smallest absolute Gasteiger partial charge is 0.0421 e. The summed E-state index contributed by atoms with van der Waals surface area (Å²) in [6, 6.07) is 9.10. The zero-order chi connectivity index (χ0) is 17.0. The van der Waals surface area contributed by atoms with E-state index in [-0.39, 0.29) is 5.41 Å². The van der Waals surface area contributed by atoms with Crippen molar-refractivity contribution < 1.29 is 0 Å². The summed E-state index contributed by atoms with van der Waals surface area (Å²) in [5.74, 6) is 0. The molecular weight excluding hydrogens is 278 g/mol. The van der Waals surface area contributed by atoms with E-state index in [1.165, 1.54) is 35.2 Å². The molecule has 1 heteroatoms. The predicted molar refractivity (Wildman–Crippen MR) is 102 cm³/mol. The topological polar surface area (TPSA) is 12.0 Å². The highest BCUT2D eigenvalue weighted by molar-refractivity contribution is 5.69. The summed E-state index contributed by atoms with van der Waals surface area (Å²) in [5, 5.41) is 3.79. The summed E-state index contributed by atoms with van der Waals surface area (Å²) >= 11 is 0. The molecule has 0 spiro atoms. The Morgan fingerprint density at radius 2 is 1.91 bits per heavy atom. The van der Waals surface area contributed by atoms with Gasteiger partial charge < -0.3 is 5.32 Å². The molecule has 0 bridgehead atoms. The third kappa shape index (κ3) is 4.86. The van der Waals surface area contributed by atoms with Crippen LogP contribution in [0.25, 0.3) is 5.70 Å². The van der Waals surface area contributed by atoms with Crippen molar-refractivity contribution in [2.45, 2.75) is 59.9 Å². The molecule has 0 saturated heterocycles. The molecule has 1 nitrogen and oxygen atoms in total. The van der Waals surface area contributed by atoms with Gasteiger partial charge >= 0.3 is 0 Å². The van der Waals surface area contributed by atoms with Crippen molar-refractivity contribution in [1.29, 1.82) is 0 Å². The number of rotatable bonds is 4. The second-order valence-electron chi connectivity index (χ2n) is 7.81. The molecule has 124 valence electrons. The molecule has 0 fully saturated rings. The molecule has 1 unspecified atom stereocenters. The molecular formula is C22H31N. The standard InChI is InChI=1S/C22H31N/c1-16-11-13-19(14-12-16)23-21(15-18(3)22(4,5)6)20-10-8-7-9-17(20)2/h7-11,15,19,23H,3,12-14H2,1-2,4-6H3/b21-15+. The Morgan fingerprint density at radius 1 is 1.22 bits per heavy atom. The lowest BCUT2D eigenvalue weighted by Crippen LogP contribution is -2.29. The summed E-state index contributed by atoms with van der Waals surface area (Å²) in [6.45, 7) is 15.4. The molecule has 0 saturated carbocycles. The fourth-order valence-electron chi connectivity index (χ4n) is 2.78. The molecule has 1 atom stereocenters. The van der Waals surface area contributed by atoms with Gasteiger partial charge in [0.2, 0.25) is 0 Å². The summed E-state index contributed by atoms with van der Waals surface area (Å²) in [4.78, 5) is 0. The van der Waals surface area contributed by atoms with Crippen LogP contribution in [-0.4, -0.2) is 6.04 Å². The molecule has 0 aliphatic heterocycles. The summed E-state index contributed by atoms with van der Waals surface area (Å²) in [5.41, 5.74) is 6.55. The van der Waals surface area contributed by atoms with Crippen molar-refractivity contribution >= 4 is 5.70 Å². The Labute approximate surface area is 142 Å². The van der Waals surface area contributed by atoms with Crippen molar-refractivity contribution in [2.24, 2.45) is 5.41 Å². The van der Waals surface area contributed by atoms with Crippen LogP contribution in [-0.2, 0) is 0 Å². The molecule has 1 aromatic rings. The van der Waals surface area contributed by atoms with E-state index in [9.17, 15) is 0 Å². The zero-order valence-corrected chi connectivity index (χ0v) is 15.4. The molecule has 1 N–H and O–H groups in total. The van der Waals surface area contributed by atoms with Gasteiger partial charge in [-0.2, -0.15) is 0 Å². The van der Waals surface area contributed by atoms with Crippen LogP contribution in [0.3, 0.4) is 0 Å². The van der Waals surface area contributed by atoms with Crippen molar-refractivity contribution in [3.05, 3.63) is 65.3 Å². The first kappa shape index (κ1) is 17.6. The van der Waals surface area contributed by atoms with Crippen LogP contribution >= 0.6 is 0 Å². The van der Waals surface area contributed by atoms with Gasteiger partial charge in [0.25, 0.3) is 0 Å². The van der Waals surface area contributed by atoms with Gasteiger partial charge in [0.15, 0.2) is 0 Å². The van der Waals surface area contributed by atoms with E-state index in [0.717, 1.165) is 12.0 Å². The van der Waals surface area contributed by atoms with Crippen molar-refractivity contribution in [1.82, 2.24) is 5.32 Å². The average Bonchev–Trinajstić information content (AvgIpc) is 2.48. The zero-order valence-electron chi connectivity index (χ0n) is 15.4. The minimum absolute atomic E-state index is 0.0820. The van der Waals surface area contributed by atoms with Crippen molar-refractivity contribution in [2.75, 3.05) is 0 Å². The molecule has 0 amide bonds. The minimum Gasteiger partial charge on any atom is -0.381 e. The van der Waals surface area contributed by atoms with Gasteiger partial charge in [-0.1, -0.05) is 63.3 Å². The maximum atomic E-state index is 4.30. The number of allylic oxidation sites excluding steroid dienone is 3. The second-order valence-corrected chi connectivity index (χ2v) is 7.81. The first-order valence-electron chi connectivity index (χ1n) is 8.66. The van der Waals surface area contributed by atoms with Gasteiger partial charge in [0.1, 0.15) is 0 Å². The molecule has 1 aliphatic carbocycles. The number of benzene rings is 1. The average molecular weight is 309 g/mol. The van der Waals surface area contributed by atoms with Crippen LogP contribution in [0.4, 0.5) is 0 Å². The van der Waals surface area contributed by atoms with Gasteiger partial charge in [-0.25, -0.2) is 0 Å². The molecule has 1 aromatic carbocycles. The minimum atomic E-state index is 0.0820. The molecule has 1 aliphatic rings. The van der Waals surface area contributed by atoms with Gasteiger partial charge in [-0.3, -0.25) is 0 Å². The number of hydrogen-bond acceptors (Lipinski definition) is 1. The molecule has 23 heavy (non-hydrogen) atoms. The molecule has 0 heterocycles. The molecule has 0 aromatic heterocycles. The first-order chi connectivity index (χ1) is 10.8. The maximum absolute atomic E-state index is 4.30. The second kappa shape index (κ2) is 7.21. The quantitative estimate of drug-likeness (QED) is 0.529. The lowest BCUT2D eigenvalue weighted by atomic mass is 9.86. The van der Waals surface area contributed by atoms with E-state index in [1.54, 1.807) is 0 Å². The predicted octanol–water partition coefficient (Wildman–Crippen LogP) is 6.03. The van der Waals surface area contributed by atoms with E-state index in [4.69, 9.17) is 0 Å². The number of aryl methyl sites for hydroxylation is 1. The monoisotopic (exact) mass is 309 g/mol. The number of nitrogens with one attached hydrogen (secondary N) is 1. The fourth-order valence-corrected chi connectivity index (χ4v) is 2.78. The van der Waals surface area contributed by atoms with Crippen molar-refractivity contribution in [3.63, 3.8) is 0 Å². The third-order valence-electron chi connectivity index (χ3n) is 4.71. The molecule has 2 rings (SSSR count). The number of hydrogen-bond donors (Lipinski definition) is 1. The van der Waals surface area contributed by atoms with Gasteiger partial charge in [-0.15, -0.1) is 0 Å². The van der Waals surface area contributed by atoms with Crippen LogP contribution < -0.4 is 5.32 Å². The summed E-state index contributed by atoms with van der Waals surface area (Å²) < 4.78 is 0. The van der Waals surface area contributed by atoms with Crippen LogP contribution in [0.1, 0.15) is 58.1 Å². The lowest BCUT2D eigenvalue weighted by Gasteiger charge is -2.27. The van der Waals surface area contributed by atoms with Crippen LogP contribution in [0.5, 0.6) is 0 Å². The maximum Gasteiger partial charge on any atom is 0.0421 e. The van der Waals surface area contributed by atoms with Gasteiger partial charge in [0, 0.05) is 17.3 Å². The Kier molecular flexibility index (Phi) is 5.51. The Bertz CT molecular complexity index is 626. The Hall–Kier alpha value is -1.76. The van der Waals surface area contributed by atoms with E-state index >= 15 is 0 Å². The van der Waals surface area contributed by atoms with E-state index in [1.807, 2.05) is 0 Å². The highest BCUT2D eigenvalue weighted by Gasteiger charge is 2.18. The van der Waals surface area contributed by atoms with Crippen LogP contribution in [0.15, 0.2) is 54.1 Å². The summed E-state index contributed by atoms with van der Waals surface area (Å²) in [7, 11) is 0. The van der Waals surface area contributed by atoms with Gasteiger partial charge in [0.05, 0.1) is 0 Å². The lowest BCUT2D eigenvalue weighted by molar-refractivity contribution is 0.514. The normalized spacial score (nSPS) is 19.3. The van der Waals surface area contributed by atoms with Crippen molar-refractivity contribution in [3.8, 4) is 0 Å². The fraction of sp³-hybridized carbons (Fsp3) is 0.455. The highest BCUT2D eigenvalue weighted by Crippen LogP contribution is 2.29. The first-order valence-corrected chi connectivity index (χ1v) is 8.66. The van der Waals surface area contributed by atoms with Crippen LogP contribution in [0.2, 0.25) is 0 Å².